The monoisotopic (exact) mass is 406 g/mol. The summed E-state index contributed by atoms with van der Waals surface area (Å²) in [6.45, 7) is 2.20. The van der Waals surface area contributed by atoms with Gasteiger partial charge in [0.1, 0.15) is 12.4 Å². The van der Waals surface area contributed by atoms with E-state index in [1.165, 1.54) is 5.56 Å². The molecule has 1 aromatic carbocycles. The van der Waals surface area contributed by atoms with Crippen molar-refractivity contribution in [3.8, 4) is 5.75 Å². The third-order valence-corrected chi connectivity index (χ3v) is 9.94. The van der Waals surface area contributed by atoms with Crippen molar-refractivity contribution in [1.29, 1.82) is 0 Å². The number of hydrogen-bond donors (Lipinski definition) is 0. The maximum Gasteiger partial charge on any atom is 0.153 e. The summed E-state index contributed by atoms with van der Waals surface area (Å²) in [7, 11) is -2.89. The summed E-state index contributed by atoms with van der Waals surface area (Å²) >= 11 is 0. The van der Waals surface area contributed by atoms with E-state index in [2.05, 4.69) is 12.1 Å². The average Bonchev–Trinajstić information content (AvgIpc) is 3.56. The lowest BCUT2D eigenvalue weighted by molar-refractivity contribution is 0.0581. The topological polar surface area (TPSA) is 43.4 Å². The fourth-order valence-corrected chi connectivity index (χ4v) is 7.55. The van der Waals surface area contributed by atoms with Crippen molar-refractivity contribution in [2.24, 2.45) is 5.41 Å². The zero-order valence-electron chi connectivity index (χ0n) is 16.8. The number of benzene rings is 1. The summed E-state index contributed by atoms with van der Waals surface area (Å²) in [5.74, 6) is 1.18. The molecular weight excluding hydrogens is 375 g/mol. The molecule has 4 fully saturated rings. The molecule has 3 nitrogen and oxygen atoms in total. The molecule has 1 aromatic rings. The highest BCUT2D eigenvalue weighted by Crippen LogP contribution is 2.58. The van der Waals surface area contributed by atoms with Gasteiger partial charge in [0.2, 0.25) is 0 Å². The maximum atomic E-state index is 12.7. The molecule has 0 unspecified atom stereocenters. The Morgan fingerprint density at radius 1 is 1.11 bits per heavy atom. The highest BCUT2D eigenvalue weighted by atomic mass is 32.2. The molecule has 154 valence electrons. The third kappa shape index (κ3) is 3.87. The van der Waals surface area contributed by atoms with Crippen LogP contribution in [0.15, 0.2) is 36.2 Å². The Hall–Kier alpha value is -1.36. The van der Waals surface area contributed by atoms with E-state index in [1.54, 1.807) is 0 Å². The molecule has 0 aliphatic heterocycles. The van der Waals surface area contributed by atoms with Crippen molar-refractivity contribution in [2.45, 2.75) is 75.4 Å². The van der Waals surface area contributed by atoms with Crippen LogP contribution < -0.4 is 4.74 Å². The summed E-state index contributed by atoms with van der Waals surface area (Å²) in [5.41, 5.74) is 2.22. The molecule has 0 amide bonds. The van der Waals surface area contributed by atoms with Crippen molar-refractivity contribution in [3.63, 3.8) is 0 Å². The second-order valence-corrected chi connectivity index (χ2v) is 11.5. The van der Waals surface area contributed by atoms with Gasteiger partial charge in [0, 0.05) is 0 Å². The molecule has 0 spiro atoms. The van der Waals surface area contributed by atoms with E-state index in [-0.39, 0.29) is 22.7 Å². The number of ether oxygens (including phenoxy) is 1. The molecular formula is C23H31FO3S. The van der Waals surface area contributed by atoms with Crippen LogP contribution in [0.2, 0.25) is 0 Å². The minimum absolute atomic E-state index is 0.0292. The van der Waals surface area contributed by atoms with Gasteiger partial charge in [-0.3, -0.25) is 0 Å². The lowest BCUT2D eigenvalue weighted by Gasteiger charge is -2.53. The molecule has 0 saturated heterocycles. The minimum Gasteiger partial charge on any atom is -0.489 e. The normalized spacial score (nSPS) is 30.4. The van der Waals surface area contributed by atoms with Crippen LogP contribution in [-0.4, -0.2) is 26.0 Å². The predicted molar refractivity (Wildman–Crippen MR) is 110 cm³/mol. The fourth-order valence-electron chi connectivity index (χ4n) is 5.18. The predicted octanol–water partition coefficient (Wildman–Crippen LogP) is 5.50. The van der Waals surface area contributed by atoms with Gasteiger partial charge >= 0.3 is 0 Å². The first-order chi connectivity index (χ1) is 13.4. The Morgan fingerprint density at radius 3 is 2.21 bits per heavy atom. The highest BCUT2D eigenvalue weighted by molar-refractivity contribution is 7.92. The number of hydrogen-bond acceptors (Lipinski definition) is 3. The number of halogens is 1. The summed E-state index contributed by atoms with van der Waals surface area (Å²) in [4.78, 5) is 0. The van der Waals surface area contributed by atoms with Crippen molar-refractivity contribution < 1.29 is 17.5 Å². The van der Waals surface area contributed by atoms with Crippen LogP contribution in [-0.2, 0) is 15.3 Å². The second kappa shape index (κ2) is 7.47. The Balaban J connectivity index is 1.40. The molecule has 5 heteroatoms. The summed E-state index contributed by atoms with van der Waals surface area (Å²) in [5, 5.41) is -0.0384. The van der Waals surface area contributed by atoms with E-state index in [0.29, 0.717) is 24.1 Å². The van der Waals surface area contributed by atoms with Gasteiger partial charge in [-0.05, 0) is 91.9 Å². The summed E-state index contributed by atoms with van der Waals surface area (Å²) < 4.78 is 43.4. The average molecular weight is 407 g/mol. The highest BCUT2D eigenvalue weighted by Gasteiger charge is 2.52. The number of sulfone groups is 1. The first kappa shape index (κ1) is 19.9. The molecule has 4 aliphatic rings. The van der Waals surface area contributed by atoms with Crippen molar-refractivity contribution in [2.75, 3.05) is 12.4 Å². The van der Waals surface area contributed by atoms with Crippen LogP contribution >= 0.6 is 0 Å². The number of rotatable bonds is 8. The van der Waals surface area contributed by atoms with Gasteiger partial charge in [0.15, 0.2) is 9.84 Å². The SMILES string of the molecule is CC/C(=C\F)COc1ccc(C23CCC(CS(=O)(=O)C4CC4)(CC2)CC3)cc1. The van der Waals surface area contributed by atoms with E-state index in [4.69, 9.17) is 4.74 Å². The van der Waals surface area contributed by atoms with Gasteiger partial charge in [-0.25, -0.2) is 12.8 Å². The Morgan fingerprint density at radius 2 is 1.71 bits per heavy atom. The first-order valence-corrected chi connectivity index (χ1v) is 12.3. The van der Waals surface area contributed by atoms with Gasteiger partial charge in [-0.2, -0.15) is 0 Å². The Bertz CT molecular complexity index is 813. The van der Waals surface area contributed by atoms with Crippen molar-refractivity contribution >= 4 is 9.84 Å². The number of fused-ring (bicyclic) bond motifs is 3. The van der Waals surface area contributed by atoms with Gasteiger partial charge in [0.25, 0.3) is 0 Å². The third-order valence-electron chi connectivity index (χ3n) is 7.44. The Labute approximate surface area is 168 Å². The van der Waals surface area contributed by atoms with Gasteiger partial charge in [0.05, 0.1) is 17.3 Å². The first-order valence-electron chi connectivity index (χ1n) is 10.6. The van der Waals surface area contributed by atoms with Gasteiger partial charge < -0.3 is 4.74 Å². The zero-order valence-corrected chi connectivity index (χ0v) is 17.6. The quantitative estimate of drug-likeness (QED) is 0.573. The molecule has 5 rings (SSSR count). The maximum absolute atomic E-state index is 12.7. The van der Waals surface area contributed by atoms with Crippen LogP contribution in [0, 0.1) is 5.41 Å². The summed E-state index contributed by atoms with van der Waals surface area (Å²) in [6.07, 6.45) is 9.35. The van der Waals surface area contributed by atoms with Gasteiger partial charge in [-0.1, -0.05) is 19.1 Å². The van der Waals surface area contributed by atoms with E-state index >= 15 is 0 Å². The van der Waals surface area contributed by atoms with Crippen LogP contribution in [0.3, 0.4) is 0 Å². The molecule has 4 aliphatic carbocycles. The Kier molecular flexibility index (Phi) is 5.32. The van der Waals surface area contributed by atoms with Crippen LogP contribution in [0.1, 0.15) is 70.3 Å². The molecule has 0 N–H and O–H groups in total. The molecule has 4 saturated carbocycles. The van der Waals surface area contributed by atoms with Crippen molar-refractivity contribution in [1.82, 2.24) is 0 Å². The molecule has 0 radical (unpaired) electrons. The standard InChI is InChI=1S/C23H31FO3S/c1-2-18(15-24)16-27-20-5-3-19(4-6-20)23-12-9-22(10-13-23,11-14-23)17-28(25,26)21-7-8-21/h3-6,15,21H,2,7-14,16-17H2,1H3/b18-15+. The van der Waals surface area contributed by atoms with Crippen molar-refractivity contribution in [3.05, 3.63) is 41.7 Å². The van der Waals surface area contributed by atoms with Crippen LogP contribution in [0.4, 0.5) is 4.39 Å². The van der Waals surface area contributed by atoms with Crippen LogP contribution in [0.25, 0.3) is 0 Å². The lowest BCUT2D eigenvalue weighted by atomic mass is 9.52. The van der Waals surface area contributed by atoms with Gasteiger partial charge in [-0.15, -0.1) is 0 Å². The molecule has 0 heterocycles. The molecule has 0 aromatic heterocycles. The van der Waals surface area contributed by atoms with E-state index < -0.39 is 9.84 Å². The molecule has 2 bridgehead atoms. The van der Waals surface area contributed by atoms with E-state index in [9.17, 15) is 12.8 Å². The van der Waals surface area contributed by atoms with E-state index in [1.807, 2.05) is 19.1 Å². The smallest absolute Gasteiger partial charge is 0.153 e. The van der Waals surface area contributed by atoms with E-state index in [0.717, 1.165) is 57.1 Å². The largest absolute Gasteiger partial charge is 0.489 e. The molecule has 28 heavy (non-hydrogen) atoms. The molecule has 0 atom stereocenters. The summed E-state index contributed by atoms with van der Waals surface area (Å²) in [6, 6.07) is 8.28. The fraction of sp³-hybridized carbons (Fsp3) is 0.652. The van der Waals surface area contributed by atoms with Crippen LogP contribution in [0.5, 0.6) is 5.75 Å². The minimum atomic E-state index is -2.89. The lowest BCUT2D eigenvalue weighted by Crippen LogP contribution is -2.47. The zero-order chi connectivity index (χ0) is 19.8. The second-order valence-electron chi connectivity index (χ2n) is 9.22.